The standard InChI is InChI=1S/C12H16N2O3S/c1-8(2)6-14-10(15)7-18-11-9(12(16)17)4-3-5-13-11/h3-5,8H,6-7H2,1-2H3,(H,14,15)(H,16,17). The summed E-state index contributed by atoms with van der Waals surface area (Å²) in [7, 11) is 0. The average Bonchev–Trinajstić information content (AvgIpc) is 2.34. The highest BCUT2D eigenvalue weighted by molar-refractivity contribution is 8.00. The zero-order chi connectivity index (χ0) is 13.5. The van der Waals surface area contributed by atoms with Gasteiger partial charge in [-0.3, -0.25) is 4.79 Å². The molecular weight excluding hydrogens is 252 g/mol. The molecule has 0 unspecified atom stereocenters. The molecule has 5 nitrogen and oxygen atoms in total. The first kappa shape index (κ1) is 14.5. The molecular formula is C12H16N2O3S. The Hall–Kier alpha value is -1.56. The highest BCUT2D eigenvalue weighted by Crippen LogP contribution is 2.19. The number of hydrogen-bond acceptors (Lipinski definition) is 4. The monoisotopic (exact) mass is 268 g/mol. The lowest BCUT2D eigenvalue weighted by Gasteiger charge is -2.07. The second-order valence-electron chi connectivity index (χ2n) is 4.15. The Bertz CT molecular complexity index is 435. The molecule has 0 aliphatic heterocycles. The largest absolute Gasteiger partial charge is 0.478 e. The van der Waals surface area contributed by atoms with Crippen molar-refractivity contribution in [2.45, 2.75) is 18.9 Å². The molecule has 1 heterocycles. The van der Waals surface area contributed by atoms with Crippen LogP contribution in [0.15, 0.2) is 23.4 Å². The zero-order valence-electron chi connectivity index (χ0n) is 10.3. The quantitative estimate of drug-likeness (QED) is 0.767. The van der Waals surface area contributed by atoms with Crippen LogP contribution in [-0.2, 0) is 4.79 Å². The van der Waals surface area contributed by atoms with E-state index in [0.29, 0.717) is 17.5 Å². The van der Waals surface area contributed by atoms with Gasteiger partial charge in [-0.25, -0.2) is 9.78 Å². The van der Waals surface area contributed by atoms with E-state index in [1.165, 1.54) is 12.3 Å². The van der Waals surface area contributed by atoms with Gasteiger partial charge in [0.05, 0.1) is 11.3 Å². The predicted octanol–water partition coefficient (Wildman–Crippen LogP) is 1.64. The van der Waals surface area contributed by atoms with Crippen molar-refractivity contribution in [3.8, 4) is 0 Å². The van der Waals surface area contributed by atoms with Gasteiger partial charge < -0.3 is 10.4 Å². The molecule has 0 fully saturated rings. The first-order chi connectivity index (χ1) is 8.50. The van der Waals surface area contributed by atoms with Crippen molar-refractivity contribution in [1.82, 2.24) is 10.3 Å². The maximum absolute atomic E-state index is 11.5. The van der Waals surface area contributed by atoms with Gasteiger partial charge >= 0.3 is 5.97 Å². The summed E-state index contributed by atoms with van der Waals surface area (Å²) in [6.07, 6.45) is 1.51. The molecule has 2 N–H and O–H groups in total. The molecule has 1 aromatic heterocycles. The van der Waals surface area contributed by atoms with E-state index < -0.39 is 5.97 Å². The number of carbonyl (C=O) groups excluding carboxylic acids is 1. The molecule has 1 amide bonds. The van der Waals surface area contributed by atoms with Gasteiger partial charge in [0.15, 0.2) is 0 Å². The first-order valence-electron chi connectivity index (χ1n) is 5.58. The molecule has 0 spiro atoms. The third kappa shape index (κ3) is 4.75. The molecule has 0 bridgehead atoms. The van der Waals surface area contributed by atoms with E-state index in [2.05, 4.69) is 10.3 Å². The molecule has 6 heteroatoms. The number of pyridine rings is 1. The fourth-order valence-corrected chi connectivity index (χ4v) is 1.99. The van der Waals surface area contributed by atoms with Crippen LogP contribution >= 0.6 is 11.8 Å². The third-order valence-corrected chi connectivity index (χ3v) is 3.05. The fourth-order valence-electron chi connectivity index (χ4n) is 1.17. The lowest BCUT2D eigenvalue weighted by Crippen LogP contribution is -2.28. The Morgan fingerprint density at radius 1 is 1.50 bits per heavy atom. The van der Waals surface area contributed by atoms with Crippen LogP contribution in [0.4, 0.5) is 0 Å². The Morgan fingerprint density at radius 2 is 2.22 bits per heavy atom. The molecule has 0 aliphatic rings. The van der Waals surface area contributed by atoms with Crippen molar-refractivity contribution in [2.75, 3.05) is 12.3 Å². The third-order valence-electron chi connectivity index (χ3n) is 2.05. The molecule has 98 valence electrons. The summed E-state index contributed by atoms with van der Waals surface area (Å²) in [5, 5.41) is 12.1. The molecule has 18 heavy (non-hydrogen) atoms. The number of hydrogen-bond donors (Lipinski definition) is 2. The number of amides is 1. The van der Waals surface area contributed by atoms with Crippen LogP contribution in [0.5, 0.6) is 0 Å². The number of aromatic carboxylic acids is 1. The normalized spacial score (nSPS) is 10.4. The van der Waals surface area contributed by atoms with E-state index in [1.54, 1.807) is 6.07 Å². The summed E-state index contributed by atoms with van der Waals surface area (Å²) >= 11 is 1.13. The lowest BCUT2D eigenvalue weighted by molar-refractivity contribution is -0.118. The molecule has 0 radical (unpaired) electrons. The van der Waals surface area contributed by atoms with Crippen LogP contribution in [0.25, 0.3) is 0 Å². The first-order valence-corrected chi connectivity index (χ1v) is 6.57. The van der Waals surface area contributed by atoms with Crippen LogP contribution < -0.4 is 5.32 Å². The van der Waals surface area contributed by atoms with Crippen molar-refractivity contribution < 1.29 is 14.7 Å². The fraction of sp³-hybridized carbons (Fsp3) is 0.417. The van der Waals surface area contributed by atoms with E-state index in [1.807, 2.05) is 13.8 Å². The maximum atomic E-state index is 11.5. The molecule has 0 aliphatic carbocycles. The Balaban J connectivity index is 2.53. The minimum absolute atomic E-state index is 0.115. The number of nitrogens with one attached hydrogen (secondary N) is 1. The zero-order valence-corrected chi connectivity index (χ0v) is 11.2. The summed E-state index contributed by atoms with van der Waals surface area (Å²) in [6, 6.07) is 3.04. The van der Waals surface area contributed by atoms with Crippen molar-refractivity contribution in [3.63, 3.8) is 0 Å². The van der Waals surface area contributed by atoms with E-state index in [0.717, 1.165) is 11.8 Å². The Labute approximate surface area is 110 Å². The van der Waals surface area contributed by atoms with Crippen molar-refractivity contribution in [3.05, 3.63) is 23.9 Å². The van der Waals surface area contributed by atoms with Gasteiger partial charge in [-0.2, -0.15) is 0 Å². The van der Waals surface area contributed by atoms with Crippen LogP contribution in [0.2, 0.25) is 0 Å². The van der Waals surface area contributed by atoms with Crippen LogP contribution in [0, 0.1) is 5.92 Å². The smallest absolute Gasteiger partial charge is 0.338 e. The number of carboxylic acid groups (broad SMARTS) is 1. The van der Waals surface area contributed by atoms with Crippen molar-refractivity contribution in [2.24, 2.45) is 5.92 Å². The van der Waals surface area contributed by atoms with Gasteiger partial charge in [0.25, 0.3) is 0 Å². The van der Waals surface area contributed by atoms with E-state index in [4.69, 9.17) is 5.11 Å². The van der Waals surface area contributed by atoms with Gasteiger partial charge in [0.2, 0.25) is 5.91 Å². The number of rotatable bonds is 6. The Morgan fingerprint density at radius 3 is 2.83 bits per heavy atom. The van der Waals surface area contributed by atoms with E-state index >= 15 is 0 Å². The Kier molecular flexibility index (Phi) is 5.64. The van der Waals surface area contributed by atoms with Gasteiger partial charge in [0.1, 0.15) is 5.03 Å². The molecule has 0 saturated carbocycles. The highest BCUT2D eigenvalue weighted by atomic mass is 32.2. The highest BCUT2D eigenvalue weighted by Gasteiger charge is 2.12. The summed E-state index contributed by atoms with van der Waals surface area (Å²) in [5.74, 6) is -0.587. The SMILES string of the molecule is CC(C)CNC(=O)CSc1ncccc1C(=O)O. The second-order valence-corrected chi connectivity index (χ2v) is 5.11. The van der Waals surface area contributed by atoms with E-state index in [-0.39, 0.29) is 17.2 Å². The number of nitrogens with zero attached hydrogens (tertiary/aromatic N) is 1. The molecule has 1 rings (SSSR count). The minimum atomic E-state index is -1.03. The van der Waals surface area contributed by atoms with Crippen LogP contribution in [0.1, 0.15) is 24.2 Å². The van der Waals surface area contributed by atoms with Crippen molar-refractivity contribution in [1.29, 1.82) is 0 Å². The summed E-state index contributed by atoms with van der Waals surface area (Å²) in [5.41, 5.74) is 0.124. The lowest BCUT2D eigenvalue weighted by atomic mass is 10.2. The van der Waals surface area contributed by atoms with Gasteiger partial charge in [-0.05, 0) is 18.1 Å². The maximum Gasteiger partial charge on any atom is 0.338 e. The van der Waals surface area contributed by atoms with Crippen LogP contribution in [-0.4, -0.2) is 34.3 Å². The van der Waals surface area contributed by atoms with Gasteiger partial charge in [-0.15, -0.1) is 0 Å². The summed E-state index contributed by atoms with van der Waals surface area (Å²) < 4.78 is 0. The summed E-state index contributed by atoms with van der Waals surface area (Å²) in [4.78, 5) is 26.4. The predicted molar refractivity (Wildman–Crippen MR) is 69.8 cm³/mol. The molecule has 0 atom stereocenters. The average molecular weight is 268 g/mol. The molecule has 0 saturated heterocycles. The molecule has 1 aromatic rings. The van der Waals surface area contributed by atoms with E-state index in [9.17, 15) is 9.59 Å². The van der Waals surface area contributed by atoms with Gasteiger partial charge in [0, 0.05) is 12.7 Å². The number of carboxylic acids is 1. The van der Waals surface area contributed by atoms with Crippen LogP contribution in [0.3, 0.4) is 0 Å². The number of thioether (sulfide) groups is 1. The van der Waals surface area contributed by atoms with Crippen molar-refractivity contribution >= 4 is 23.6 Å². The topological polar surface area (TPSA) is 79.3 Å². The minimum Gasteiger partial charge on any atom is -0.478 e. The number of aromatic nitrogens is 1. The number of carbonyl (C=O) groups is 2. The van der Waals surface area contributed by atoms with Gasteiger partial charge in [-0.1, -0.05) is 25.6 Å². The summed E-state index contributed by atoms with van der Waals surface area (Å²) in [6.45, 7) is 4.64. The molecule has 0 aromatic carbocycles. The second kappa shape index (κ2) is 7.00.